The molecule has 2 rings (SSSR count). The first-order valence-corrected chi connectivity index (χ1v) is 6.27. The fraction of sp³-hybridized carbons (Fsp3) is 0.571. The molecule has 0 atom stereocenters. The van der Waals surface area contributed by atoms with Gasteiger partial charge in [-0.3, -0.25) is 4.90 Å². The monoisotopic (exact) mass is 218 g/mol. The lowest BCUT2D eigenvalue weighted by Crippen LogP contribution is -2.45. The Bertz CT molecular complexity index is 354. The van der Waals surface area contributed by atoms with Crippen LogP contribution >= 0.6 is 0 Å². The van der Waals surface area contributed by atoms with Crippen LogP contribution in [-0.2, 0) is 6.54 Å². The molecule has 0 amide bonds. The van der Waals surface area contributed by atoms with Crippen LogP contribution in [0.2, 0.25) is 0 Å². The average Bonchev–Trinajstić information content (AvgIpc) is 2.21. The number of rotatable bonds is 4. The third-order valence-corrected chi connectivity index (χ3v) is 3.61. The summed E-state index contributed by atoms with van der Waals surface area (Å²) in [5.74, 6) is 0.936. The molecule has 0 aliphatic carbocycles. The van der Waals surface area contributed by atoms with Crippen LogP contribution in [0, 0.1) is 12.8 Å². The molecule has 0 unspecified atom stereocenters. The zero-order valence-electron chi connectivity index (χ0n) is 10.4. The van der Waals surface area contributed by atoms with Crippen molar-refractivity contribution in [2.75, 3.05) is 18.8 Å². The molecule has 1 aromatic rings. The second-order valence-electron chi connectivity index (χ2n) is 4.98. The molecule has 2 nitrogen and oxygen atoms in total. The highest BCUT2D eigenvalue weighted by Crippen LogP contribution is 2.24. The van der Waals surface area contributed by atoms with Gasteiger partial charge in [-0.15, -0.1) is 0 Å². The van der Waals surface area contributed by atoms with E-state index in [4.69, 9.17) is 5.73 Å². The maximum absolute atomic E-state index is 5.91. The first-order valence-electron chi connectivity index (χ1n) is 6.27. The van der Waals surface area contributed by atoms with Crippen molar-refractivity contribution < 1.29 is 0 Å². The molecule has 1 heterocycles. The Balaban J connectivity index is 1.89. The van der Waals surface area contributed by atoms with Gasteiger partial charge in [0, 0.05) is 25.3 Å². The molecule has 16 heavy (non-hydrogen) atoms. The number of hydrogen-bond acceptors (Lipinski definition) is 2. The highest BCUT2D eigenvalue weighted by molar-refractivity contribution is 5.49. The van der Waals surface area contributed by atoms with Crippen molar-refractivity contribution >= 4 is 5.69 Å². The van der Waals surface area contributed by atoms with Gasteiger partial charge in [-0.2, -0.15) is 0 Å². The van der Waals surface area contributed by atoms with E-state index in [9.17, 15) is 0 Å². The lowest BCUT2D eigenvalue weighted by molar-refractivity contribution is 0.0858. The summed E-state index contributed by atoms with van der Waals surface area (Å²) in [6.45, 7) is 7.99. The molecule has 0 aromatic heterocycles. The lowest BCUT2D eigenvalue weighted by Gasteiger charge is -2.39. The fourth-order valence-electron chi connectivity index (χ4n) is 2.51. The zero-order chi connectivity index (χ0) is 11.5. The Kier molecular flexibility index (Phi) is 3.49. The zero-order valence-corrected chi connectivity index (χ0v) is 10.4. The maximum Gasteiger partial charge on any atom is 0.0346 e. The molecule has 0 spiro atoms. The molecular formula is C14H22N2. The maximum atomic E-state index is 5.91. The first kappa shape index (κ1) is 11.5. The topological polar surface area (TPSA) is 29.3 Å². The van der Waals surface area contributed by atoms with Crippen molar-refractivity contribution in [1.82, 2.24) is 4.90 Å². The molecule has 0 bridgehead atoms. The van der Waals surface area contributed by atoms with Crippen LogP contribution in [0.25, 0.3) is 0 Å². The van der Waals surface area contributed by atoms with Crippen LogP contribution in [0.3, 0.4) is 0 Å². The summed E-state index contributed by atoms with van der Waals surface area (Å²) in [7, 11) is 0. The fourth-order valence-corrected chi connectivity index (χ4v) is 2.51. The quantitative estimate of drug-likeness (QED) is 0.787. The van der Waals surface area contributed by atoms with Gasteiger partial charge < -0.3 is 5.73 Å². The lowest BCUT2D eigenvalue weighted by atomic mass is 9.94. The van der Waals surface area contributed by atoms with E-state index in [2.05, 4.69) is 30.9 Å². The number of nitrogens with zero attached hydrogens (tertiary/aromatic N) is 1. The predicted octanol–water partition coefficient (Wildman–Crippen LogP) is 2.81. The summed E-state index contributed by atoms with van der Waals surface area (Å²) >= 11 is 0. The Hall–Kier alpha value is -1.02. The van der Waals surface area contributed by atoms with Crippen molar-refractivity contribution in [3.8, 4) is 0 Å². The van der Waals surface area contributed by atoms with Crippen LogP contribution in [-0.4, -0.2) is 18.0 Å². The van der Waals surface area contributed by atoms with Gasteiger partial charge in [0.25, 0.3) is 0 Å². The van der Waals surface area contributed by atoms with Crippen molar-refractivity contribution in [3.63, 3.8) is 0 Å². The molecule has 88 valence electrons. The smallest absolute Gasteiger partial charge is 0.0346 e. The summed E-state index contributed by atoms with van der Waals surface area (Å²) in [4.78, 5) is 2.52. The van der Waals surface area contributed by atoms with Crippen LogP contribution < -0.4 is 5.73 Å². The third-order valence-electron chi connectivity index (χ3n) is 3.61. The third kappa shape index (κ3) is 2.38. The van der Waals surface area contributed by atoms with Gasteiger partial charge in [-0.1, -0.05) is 25.5 Å². The van der Waals surface area contributed by atoms with Crippen LogP contribution in [0.15, 0.2) is 18.2 Å². The van der Waals surface area contributed by atoms with Gasteiger partial charge >= 0.3 is 0 Å². The second kappa shape index (κ2) is 4.88. The predicted molar refractivity (Wildman–Crippen MR) is 69.3 cm³/mol. The Morgan fingerprint density at radius 1 is 1.38 bits per heavy atom. The molecule has 1 aromatic carbocycles. The van der Waals surface area contributed by atoms with Crippen LogP contribution in [0.4, 0.5) is 5.69 Å². The van der Waals surface area contributed by atoms with Gasteiger partial charge in [0.15, 0.2) is 0 Å². The van der Waals surface area contributed by atoms with E-state index in [-0.39, 0.29) is 0 Å². The average molecular weight is 218 g/mol. The van der Waals surface area contributed by atoms with E-state index in [0.717, 1.165) is 18.2 Å². The molecule has 1 aliphatic heterocycles. The summed E-state index contributed by atoms with van der Waals surface area (Å²) in [6, 6.07) is 6.23. The van der Waals surface area contributed by atoms with E-state index < -0.39 is 0 Å². The summed E-state index contributed by atoms with van der Waals surface area (Å²) in [6.07, 6.45) is 2.70. The number of anilines is 1. The van der Waals surface area contributed by atoms with Gasteiger partial charge in [0.05, 0.1) is 0 Å². The molecule has 0 radical (unpaired) electrons. The first-order chi connectivity index (χ1) is 7.70. The minimum absolute atomic E-state index is 0.920. The van der Waals surface area contributed by atoms with Crippen molar-refractivity contribution in [1.29, 1.82) is 0 Å². The van der Waals surface area contributed by atoms with Crippen molar-refractivity contribution in [2.45, 2.75) is 33.2 Å². The molecule has 1 fully saturated rings. The highest BCUT2D eigenvalue weighted by atomic mass is 15.2. The standard InChI is InChI=1S/C14H22N2/c1-3-5-12-8-16(9-12)10-13-6-4-7-14(15)11(13)2/h4,6-7,12H,3,5,8-10,15H2,1-2H3. The molecule has 0 saturated carbocycles. The minimum Gasteiger partial charge on any atom is -0.399 e. The molecule has 2 heteroatoms. The van der Waals surface area contributed by atoms with E-state index in [1.807, 2.05) is 6.07 Å². The Morgan fingerprint density at radius 3 is 2.81 bits per heavy atom. The number of hydrogen-bond donors (Lipinski definition) is 1. The normalized spacial score (nSPS) is 17.4. The number of nitrogens with two attached hydrogens (primary N) is 1. The van der Waals surface area contributed by atoms with E-state index in [1.165, 1.54) is 37.1 Å². The van der Waals surface area contributed by atoms with Crippen LogP contribution in [0.1, 0.15) is 30.9 Å². The molecule has 2 N–H and O–H groups in total. The van der Waals surface area contributed by atoms with Crippen molar-refractivity contribution in [2.24, 2.45) is 5.92 Å². The number of benzene rings is 1. The minimum atomic E-state index is 0.920. The highest BCUT2D eigenvalue weighted by Gasteiger charge is 2.25. The SMILES string of the molecule is CCCC1CN(Cc2cccc(N)c2C)C1. The Morgan fingerprint density at radius 2 is 2.12 bits per heavy atom. The van der Waals surface area contributed by atoms with Gasteiger partial charge in [-0.25, -0.2) is 0 Å². The Labute approximate surface area is 98.4 Å². The second-order valence-corrected chi connectivity index (χ2v) is 4.98. The van der Waals surface area contributed by atoms with E-state index >= 15 is 0 Å². The van der Waals surface area contributed by atoms with E-state index in [0.29, 0.717) is 0 Å². The molecular weight excluding hydrogens is 196 g/mol. The summed E-state index contributed by atoms with van der Waals surface area (Å²) in [5, 5.41) is 0. The summed E-state index contributed by atoms with van der Waals surface area (Å²) < 4.78 is 0. The number of nitrogen functional groups attached to an aromatic ring is 1. The van der Waals surface area contributed by atoms with Gasteiger partial charge in [0.2, 0.25) is 0 Å². The van der Waals surface area contributed by atoms with Crippen molar-refractivity contribution in [3.05, 3.63) is 29.3 Å². The van der Waals surface area contributed by atoms with Crippen LogP contribution in [0.5, 0.6) is 0 Å². The van der Waals surface area contributed by atoms with Gasteiger partial charge in [0.1, 0.15) is 0 Å². The largest absolute Gasteiger partial charge is 0.399 e. The van der Waals surface area contributed by atoms with Gasteiger partial charge in [-0.05, 0) is 36.5 Å². The molecule has 1 saturated heterocycles. The molecule has 1 aliphatic rings. The number of likely N-dealkylation sites (tertiary alicyclic amines) is 1. The van der Waals surface area contributed by atoms with E-state index in [1.54, 1.807) is 0 Å². The summed E-state index contributed by atoms with van der Waals surface area (Å²) in [5.41, 5.74) is 9.47.